The number of nitrogens with zero attached hydrogens (tertiary/aromatic N) is 1. The molecule has 1 N–H and O–H groups in total. The van der Waals surface area contributed by atoms with Crippen molar-refractivity contribution in [1.82, 2.24) is 4.98 Å². The molecular weight excluding hydrogens is 184 g/mol. The Morgan fingerprint density at radius 3 is 2.67 bits per heavy atom. The van der Waals surface area contributed by atoms with Crippen LogP contribution in [0.3, 0.4) is 0 Å². The van der Waals surface area contributed by atoms with Crippen molar-refractivity contribution >= 4 is 5.69 Å². The summed E-state index contributed by atoms with van der Waals surface area (Å²) in [5.74, 6) is 1.02. The summed E-state index contributed by atoms with van der Waals surface area (Å²) in [6, 6.07) is 4.05. The molecule has 2 nitrogen and oxygen atoms in total. The Labute approximate surface area is 92.1 Å². The molecule has 0 bridgehead atoms. The van der Waals surface area contributed by atoms with Crippen LogP contribution in [0.15, 0.2) is 24.5 Å². The lowest BCUT2D eigenvalue weighted by molar-refractivity contribution is 0.491. The minimum atomic E-state index is 1.02. The average Bonchev–Trinajstić information content (AvgIpc) is 2.79. The van der Waals surface area contributed by atoms with Gasteiger partial charge in [0.2, 0.25) is 0 Å². The third kappa shape index (κ3) is 3.54. The molecule has 0 aliphatic heterocycles. The third-order valence-corrected chi connectivity index (χ3v) is 3.27. The lowest BCUT2D eigenvalue weighted by Crippen LogP contribution is -2.04. The molecule has 15 heavy (non-hydrogen) atoms. The molecule has 2 heteroatoms. The summed E-state index contributed by atoms with van der Waals surface area (Å²) in [6.07, 6.45) is 12.2. The lowest BCUT2D eigenvalue weighted by atomic mass is 10.0. The smallest absolute Gasteiger partial charge is 0.0371 e. The molecule has 1 aliphatic rings. The fourth-order valence-electron chi connectivity index (χ4n) is 2.39. The Morgan fingerprint density at radius 2 is 1.93 bits per heavy atom. The van der Waals surface area contributed by atoms with Crippen LogP contribution in [-0.4, -0.2) is 11.5 Å². The molecule has 1 fully saturated rings. The summed E-state index contributed by atoms with van der Waals surface area (Å²) < 4.78 is 0. The van der Waals surface area contributed by atoms with E-state index in [-0.39, 0.29) is 0 Å². The number of hydrogen-bond acceptors (Lipinski definition) is 2. The van der Waals surface area contributed by atoms with Crippen molar-refractivity contribution in [3.05, 3.63) is 24.5 Å². The van der Waals surface area contributed by atoms with Gasteiger partial charge in [0.25, 0.3) is 0 Å². The highest BCUT2D eigenvalue weighted by Gasteiger charge is 2.13. The topological polar surface area (TPSA) is 24.9 Å². The van der Waals surface area contributed by atoms with E-state index >= 15 is 0 Å². The van der Waals surface area contributed by atoms with E-state index < -0.39 is 0 Å². The first-order valence-corrected chi connectivity index (χ1v) is 6.09. The van der Waals surface area contributed by atoms with E-state index in [4.69, 9.17) is 0 Å². The lowest BCUT2D eigenvalue weighted by Gasteiger charge is -2.09. The van der Waals surface area contributed by atoms with Gasteiger partial charge in [-0.05, 0) is 30.9 Å². The molecule has 0 radical (unpaired) electrons. The monoisotopic (exact) mass is 204 g/mol. The molecule has 1 saturated carbocycles. The molecular formula is C13H20N2. The Balaban J connectivity index is 1.59. The quantitative estimate of drug-likeness (QED) is 0.743. The first kappa shape index (κ1) is 10.5. The van der Waals surface area contributed by atoms with Crippen LogP contribution < -0.4 is 5.32 Å². The molecule has 0 unspecified atom stereocenters. The number of aromatic nitrogens is 1. The molecule has 0 spiro atoms. The molecule has 0 atom stereocenters. The standard InChI is InChI=1S/C13H20N2/c1-2-5-12(4-1)6-3-9-15-13-7-10-14-11-8-13/h7-8,10-12H,1-6,9H2,(H,14,15). The maximum absolute atomic E-state index is 4.00. The van der Waals surface area contributed by atoms with Crippen LogP contribution in [-0.2, 0) is 0 Å². The molecule has 2 rings (SSSR count). The predicted molar refractivity (Wildman–Crippen MR) is 63.9 cm³/mol. The summed E-state index contributed by atoms with van der Waals surface area (Å²) in [5, 5.41) is 3.43. The van der Waals surface area contributed by atoms with Crippen molar-refractivity contribution in [1.29, 1.82) is 0 Å². The van der Waals surface area contributed by atoms with E-state index in [0.717, 1.165) is 12.5 Å². The Kier molecular flexibility index (Phi) is 4.01. The zero-order chi connectivity index (χ0) is 10.3. The van der Waals surface area contributed by atoms with Crippen molar-refractivity contribution in [2.24, 2.45) is 5.92 Å². The van der Waals surface area contributed by atoms with Crippen molar-refractivity contribution in [2.75, 3.05) is 11.9 Å². The Hall–Kier alpha value is -1.05. The van der Waals surface area contributed by atoms with Gasteiger partial charge in [-0.25, -0.2) is 0 Å². The van der Waals surface area contributed by atoms with Crippen LogP contribution >= 0.6 is 0 Å². The zero-order valence-corrected chi connectivity index (χ0v) is 9.28. The summed E-state index contributed by atoms with van der Waals surface area (Å²) in [7, 11) is 0. The van der Waals surface area contributed by atoms with Crippen molar-refractivity contribution in [2.45, 2.75) is 38.5 Å². The highest BCUT2D eigenvalue weighted by Crippen LogP contribution is 2.28. The highest BCUT2D eigenvalue weighted by molar-refractivity contribution is 5.40. The second kappa shape index (κ2) is 5.74. The fourth-order valence-corrected chi connectivity index (χ4v) is 2.39. The van der Waals surface area contributed by atoms with E-state index in [9.17, 15) is 0 Å². The number of pyridine rings is 1. The van der Waals surface area contributed by atoms with Gasteiger partial charge in [0.15, 0.2) is 0 Å². The third-order valence-electron chi connectivity index (χ3n) is 3.27. The number of hydrogen-bond donors (Lipinski definition) is 1. The van der Waals surface area contributed by atoms with Gasteiger partial charge in [-0.2, -0.15) is 0 Å². The maximum atomic E-state index is 4.00. The highest BCUT2D eigenvalue weighted by atomic mass is 14.9. The molecule has 1 heterocycles. The molecule has 1 aromatic heterocycles. The largest absolute Gasteiger partial charge is 0.385 e. The van der Waals surface area contributed by atoms with Gasteiger partial charge in [0.05, 0.1) is 0 Å². The van der Waals surface area contributed by atoms with Crippen LogP contribution in [0.4, 0.5) is 5.69 Å². The molecule has 0 saturated heterocycles. The fraction of sp³-hybridized carbons (Fsp3) is 0.615. The normalized spacial score (nSPS) is 16.8. The van der Waals surface area contributed by atoms with Gasteiger partial charge in [0, 0.05) is 24.6 Å². The van der Waals surface area contributed by atoms with E-state index in [1.54, 1.807) is 0 Å². The first-order chi connectivity index (χ1) is 7.45. The van der Waals surface area contributed by atoms with Crippen LogP contribution in [0.5, 0.6) is 0 Å². The minimum Gasteiger partial charge on any atom is -0.385 e. The van der Waals surface area contributed by atoms with Gasteiger partial charge in [0.1, 0.15) is 0 Å². The van der Waals surface area contributed by atoms with Crippen LogP contribution in [0, 0.1) is 5.92 Å². The van der Waals surface area contributed by atoms with E-state index in [0.29, 0.717) is 0 Å². The number of anilines is 1. The van der Waals surface area contributed by atoms with Crippen LogP contribution in [0.25, 0.3) is 0 Å². The van der Waals surface area contributed by atoms with Crippen molar-refractivity contribution in [3.8, 4) is 0 Å². The Morgan fingerprint density at radius 1 is 1.20 bits per heavy atom. The minimum absolute atomic E-state index is 1.02. The van der Waals surface area contributed by atoms with Gasteiger partial charge < -0.3 is 5.32 Å². The van der Waals surface area contributed by atoms with Crippen LogP contribution in [0.2, 0.25) is 0 Å². The predicted octanol–water partition coefficient (Wildman–Crippen LogP) is 3.46. The maximum Gasteiger partial charge on any atom is 0.0371 e. The second-order valence-electron chi connectivity index (χ2n) is 4.46. The van der Waals surface area contributed by atoms with Gasteiger partial charge >= 0.3 is 0 Å². The molecule has 82 valence electrons. The van der Waals surface area contributed by atoms with Gasteiger partial charge in [-0.3, -0.25) is 4.98 Å². The SMILES string of the molecule is c1cc(NCCCC2CCCC2)ccn1. The molecule has 0 aromatic carbocycles. The summed E-state index contributed by atoms with van der Waals surface area (Å²) in [5.41, 5.74) is 1.19. The zero-order valence-electron chi connectivity index (χ0n) is 9.28. The van der Waals surface area contributed by atoms with Crippen molar-refractivity contribution in [3.63, 3.8) is 0 Å². The number of rotatable bonds is 5. The molecule has 0 amide bonds. The Bertz CT molecular complexity index is 265. The molecule has 1 aromatic rings. The van der Waals surface area contributed by atoms with Crippen LogP contribution in [0.1, 0.15) is 38.5 Å². The van der Waals surface area contributed by atoms with E-state index in [1.807, 2.05) is 24.5 Å². The first-order valence-electron chi connectivity index (χ1n) is 6.09. The van der Waals surface area contributed by atoms with Crippen molar-refractivity contribution < 1.29 is 0 Å². The van der Waals surface area contributed by atoms with E-state index in [1.165, 1.54) is 44.2 Å². The average molecular weight is 204 g/mol. The number of nitrogens with one attached hydrogen (secondary N) is 1. The summed E-state index contributed by atoms with van der Waals surface area (Å²) in [4.78, 5) is 4.00. The summed E-state index contributed by atoms with van der Waals surface area (Å²) >= 11 is 0. The van der Waals surface area contributed by atoms with E-state index in [2.05, 4.69) is 10.3 Å². The second-order valence-corrected chi connectivity index (χ2v) is 4.46. The molecule has 1 aliphatic carbocycles. The van der Waals surface area contributed by atoms with Gasteiger partial charge in [-0.1, -0.05) is 25.7 Å². The summed E-state index contributed by atoms with van der Waals surface area (Å²) in [6.45, 7) is 1.10. The van der Waals surface area contributed by atoms with Gasteiger partial charge in [-0.15, -0.1) is 0 Å².